The highest BCUT2D eigenvalue weighted by Gasteiger charge is 2.04. The molecule has 2 N–H and O–H groups in total. The van der Waals surface area contributed by atoms with Gasteiger partial charge in [-0.25, -0.2) is 4.79 Å². The van der Waals surface area contributed by atoms with Crippen LogP contribution in [0.1, 0.15) is 12.0 Å². The molecule has 0 aliphatic rings. The lowest BCUT2D eigenvalue weighted by molar-refractivity contribution is 0.193. The van der Waals surface area contributed by atoms with Crippen LogP contribution in [0, 0.1) is 0 Å². The Morgan fingerprint density at radius 3 is 2.78 bits per heavy atom. The molecule has 0 unspecified atom stereocenters. The number of para-hydroxylation sites is 1. The third-order valence-corrected chi connectivity index (χ3v) is 2.41. The number of hydrogen-bond donors (Lipinski definition) is 2. The standard InChI is InChI=1S/C13H20N2O3/c1-15(2)8-5-9-18-12-7-4-3-6-11(12)10-14-13(16)17/h3-4,6-7,14H,5,8-10H2,1-2H3,(H,16,17). The first kappa shape index (κ1) is 14.3. The molecule has 0 saturated heterocycles. The minimum Gasteiger partial charge on any atom is -0.493 e. The second-order valence-corrected chi connectivity index (χ2v) is 4.27. The lowest BCUT2D eigenvalue weighted by atomic mass is 10.2. The summed E-state index contributed by atoms with van der Waals surface area (Å²) in [7, 11) is 4.04. The fraction of sp³-hybridized carbons (Fsp3) is 0.462. The predicted octanol–water partition coefficient (Wildman–Crippen LogP) is 1.78. The van der Waals surface area contributed by atoms with Crippen LogP contribution in [-0.2, 0) is 6.54 Å². The number of ether oxygens (including phenoxy) is 1. The molecular weight excluding hydrogens is 232 g/mol. The van der Waals surface area contributed by atoms with Gasteiger partial charge in [-0.15, -0.1) is 0 Å². The fourth-order valence-corrected chi connectivity index (χ4v) is 1.52. The van der Waals surface area contributed by atoms with Gasteiger partial charge >= 0.3 is 6.09 Å². The van der Waals surface area contributed by atoms with Crippen molar-refractivity contribution in [3.8, 4) is 5.75 Å². The Morgan fingerprint density at radius 2 is 2.11 bits per heavy atom. The van der Waals surface area contributed by atoms with E-state index in [2.05, 4.69) is 10.2 Å². The topological polar surface area (TPSA) is 61.8 Å². The Balaban J connectivity index is 2.45. The van der Waals surface area contributed by atoms with Crippen LogP contribution in [0.4, 0.5) is 4.79 Å². The van der Waals surface area contributed by atoms with Gasteiger partial charge in [-0.1, -0.05) is 18.2 Å². The summed E-state index contributed by atoms with van der Waals surface area (Å²) in [5, 5.41) is 10.9. The normalized spacial score (nSPS) is 10.4. The van der Waals surface area contributed by atoms with E-state index in [0.29, 0.717) is 6.61 Å². The SMILES string of the molecule is CN(C)CCCOc1ccccc1CNC(=O)O. The monoisotopic (exact) mass is 252 g/mol. The number of amides is 1. The van der Waals surface area contributed by atoms with Crippen molar-refractivity contribution in [2.45, 2.75) is 13.0 Å². The van der Waals surface area contributed by atoms with Gasteiger partial charge < -0.3 is 20.1 Å². The van der Waals surface area contributed by atoms with Crippen molar-refractivity contribution >= 4 is 6.09 Å². The molecule has 5 nitrogen and oxygen atoms in total. The third kappa shape index (κ3) is 5.54. The Labute approximate surface area is 107 Å². The number of nitrogens with zero attached hydrogens (tertiary/aromatic N) is 1. The average molecular weight is 252 g/mol. The third-order valence-electron chi connectivity index (χ3n) is 2.41. The number of hydrogen-bond acceptors (Lipinski definition) is 3. The largest absolute Gasteiger partial charge is 0.493 e. The molecule has 0 aliphatic heterocycles. The Kier molecular flexibility index (Phi) is 6.00. The van der Waals surface area contributed by atoms with Crippen molar-refractivity contribution in [1.29, 1.82) is 0 Å². The van der Waals surface area contributed by atoms with Gasteiger partial charge in [-0.3, -0.25) is 0 Å². The molecule has 1 amide bonds. The van der Waals surface area contributed by atoms with Crippen molar-refractivity contribution in [2.24, 2.45) is 0 Å². The van der Waals surface area contributed by atoms with Crippen LogP contribution in [0.2, 0.25) is 0 Å². The Morgan fingerprint density at radius 1 is 1.39 bits per heavy atom. The van der Waals surface area contributed by atoms with E-state index in [0.717, 1.165) is 24.3 Å². The molecule has 0 saturated carbocycles. The summed E-state index contributed by atoms with van der Waals surface area (Å²) < 4.78 is 5.66. The number of benzene rings is 1. The summed E-state index contributed by atoms with van der Waals surface area (Å²) >= 11 is 0. The highest BCUT2D eigenvalue weighted by molar-refractivity contribution is 5.64. The molecule has 18 heavy (non-hydrogen) atoms. The molecule has 5 heteroatoms. The van der Waals surface area contributed by atoms with E-state index in [1.165, 1.54) is 0 Å². The molecule has 1 rings (SSSR count). The van der Waals surface area contributed by atoms with E-state index in [9.17, 15) is 4.79 Å². The second kappa shape index (κ2) is 7.55. The van der Waals surface area contributed by atoms with Crippen LogP contribution in [-0.4, -0.2) is 43.3 Å². The molecule has 0 fully saturated rings. The van der Waals surface area contributed by atoms with Crippen LogP contribution in [0.3, 0.4) is 0 Å². The predicted molar refractivity (Wildman–Crippen MR) is 70.0 cm³/mol. The van der Waals surface area contributed by atoms with E-state index in [-0.39, 0.29) is 6.54 Å². The van der Waals surface area contributed by atoms with Gasteiger partial charge in [0.2, 0.25) is 0 Å². The van der Waals surface area contributed by atoms with E-state index in [1.807, 2.05) is 38.4 Å². The molecule has 0 bridgehead atoms. The average Bonchev–Trinajstić information content (AvgIpc) is 2.33. The second-order valence-electron chi connectivity index (χ2n) is 4.27. The molecule has 0 heterocycles. The summed E-state index contributed by atoms with van der Waals surface area (Å²) in [6.07, 6.45) is -0.0920. The van der Waals surface area contributed by atoms with Gasteiger partial charge in [0.25, 0.3) is 0 Å². The minimum absolute atomic E-state index is 0.263. The zero-order valence-corrected chi connectivity index (χ0v) is 10.8. The van der Waals surface area contributed by atoms with Gasteiger partial charge in [0.1, 0.15) is 5.75 Å². The van der Waals surface area contributed by atoms with Crippen LogP contribution < -0.4 is 10.1 Å². The van der Waals surface area contributed by atoms with Crippen molar-refractivity contribution in [2.75, 3.05) is 27.2 Å². The minimum atomic E-state index is -1.03. The lowest BCUT2D eigenvalue weighted by Crippen LogP contribution is -2.20. The quantitative estimate of drug-likeness (QED) is 0.726. The van der Waals surface area contributed by atoms with Gasteiger partial charge in [0, 0.05) is 18.7 Å². The summed E-state index contributed by atoms with van der Waals surface area (Å²) in [5.41, 5.74) is 0.852. The molecule has 0 radical (unpaired) electrons. The van der Waals surface area contributed by atoms with Crippen molar-refractivity contribution in [3.63, 3.8) is 0 Å². The summed E-state index contributed by atoms with van der Waals surface area (Å²) in [6.45, 7) is 1.86. The molecule has 1 aromatic carbocycles. The summed E-state index contributed by atoms with van der Waals surface area (Å²) in [5.74, 6) is 0.741. The van der Waals surface area contributed by atoms with Crippen molar-refractivity contribution < 1.29 is 14.6 Å². The van der Waals surface area contributed by atoms with Gasteiger partial charge in [-0.2, -0.15) is 0 Å². The maximum atomic E-state index is 10.5. The van der Waals surface area contributed by atoms with Crippen LogP contribution in [0.25, 0.3) is 0 Å². The van der Waals surface area contributed by atoms with E-state index < -0.39 is 6.09 Å². The number of carboxylic acid groups (broad SMARTS) is 1. The maximum absolute atomic E-state index is 10.5. The van der Waals surface area contributed by atoms with Crippen LogP contribution in [0.15, 0.2) is 24.3 Å². The molecule has 0 spiro atoms. The van der Waals surface area contributed by atoms with Gasteiger partial charge in [0.15, 0.2) is 0 Å². The van der Waals surface area contributed by atoms with Gasteiger partial charge in [0.05, 0.1) is 6.61 Å². The first-order valence-corrected chi connectivity index (χ1v) is 5.92. The fourth-order valence-electron chi connectivity index (χ4n) is 1.52. The van der Waals surface area contributed by atoms with Crippen molar-refractivity contribution in [3.05, 3.63) is 29.8 Å². The van der Waals surface area contributed by atoms with Crippen LogP contribution >= 0.6 is 0 Å². The van der Waals surface area contributed by atoms with Crippen molar-refractivity contribution in [1.82, 2.24) is 10.2 Å². The van der Waals surface area contributed by atoms with Gasteiger partial charge in [-0.05, 0) is 26.6 Å². The first-order valence-electron chi connectivity index (χ1n) is 5.92. The molecule has 100 valence electrons. The smallest absolute Gasteiger partial charge is 0.404 e. The van der Waals surface area contributed by atoms with E-state index >= 15 is 0 Å². The number of rotatable bonds is 7. The zero-order chi connectivity index (χ0) is 13.4. The molecule has 1 aromatic rings. The molecule has 0 aliphatic carbocycles. The highest BCUT2D eigenvalue weighted by Crippen LogP contribution is 2.17. The molecule has 0 atom stereocenters. The highest BCUT2D eigenvalue weighted by atomic mass is 16.5. The maximum Gasteiger partial charge on any atom is 0.404 e. The van der Waals surface area contributed by atoms with E-state index in [4.69, 9.17) is 9.84 Å². The summed E-state index contributed by atoms with van der Waals surface area (Å²) in [6, 6.07) is 7.46. The molecule has 0 aromatic heterocycles. The summed E-state index contributed by atoms with van der Waals surface area (Å²) in [4.78, 5) is 12.6. The lowest BCUT2D eigenvalue weighted by Gasteiger charge is -2.13. The number of carbonyl (C=O) groups is 1. The zero-order valence-electron chi connectivity index (χ0n) is 10.8. The van der Waals surface area contributed by atoms with E-state index in [1.54, 1.807) is 0 Å². The first-order chi connectivity index (χ1) is 8.59. The number of nitrogens with one attached hydrogen (secondary N) is 1. The Bertz CT molecular complexity index is 380. The molecular formula is C13H20N2O3. The Hall–Kier alpha value is -1.75. The van der Waals surface area contributed by atoms with Crippen LogP contribution in [0.5, 0.6) is 5.75 Å².